The first-order valence-electron chi connectivity index (χ1n) is 9.48. The number of nitrogens with two attached hydrogens (primary N) is 1. The number of hydrogen-bond acceptors (Lipinski definition) is 4. The lowest BCUT2D eigenvalue weighted by Crippen LogP contribution is -2.35. The van der Waals surface area contributed by atoms with Crippen molar-refractivity contribution in [1.82, 2.24) is 10.2 Å². The molecule has 2 aliphatic rings. The summed E-state index contributed by atoms with van der Waals surface area (Å²) in [4.78, 5) is 15.4. The lowest BCUT2D eigenvalue weighted by atomic mass is 9.89. The quantitative estimate of drug-likeness (QED) is 0.825. The van der Waals surface area contributed by atoms with E-state index in [1.807, 2.05) is 23.1 Å². The van der Waals surface area contributed by atoms with Crippen molar-refractivity contribution in [2.24, 2.45) is 17.0 Å². The molecule has 0 spiro atoms. The number of rotatable bonds is 3. The maximum Gasteiger partial charge on any atom is 0.254 e. The fraction of sp³-hybridized carbons (Fsp3) is 0.381. The number of likely N-dealkylation sites (tertiary alicyclic amines) is 1. The van der Waals surface area contributed by atoms with E-state index >= 15 is 0 Å². The Labute approximate surface area is 165 Å². The van der Waals surface area contributed by atoms with Gasteiger partial charge in [0, 0.05) is 31.1 Å². The third-order valence-corrected chi connectivity index (χ3v) is 7.18. The molecular formula is C21H25N3O3S. The molecule has 7 heteroatoms. The first-order chi connectivity index (χ1) is 13.3. The Balaban J connectivity index is 1.76. The first kappa shape index (κ1) is 19.1. The lowest BCUT2D eigenvalue weighted by Gasteiger charge is -2.29. The molecule has 0 radical (unpaired) electrons. The Morgan fingerprint density at radius 1 is 1.14 bits per heavy atom. The van der Waals surface area contributed by atoms with Crippen molar-refractivity contribution in [1.29, 1.82) is 0 Å². The van der Waals surface area contributed by atoms with E-state index in [4.69, 9.17) is 5.14 Å². The third kappa shape index (κ3) is 3.23. The van der Waals surface area contributed by atoms with Crippen LogP contribution in [0, 0.1) is 25.7 Å². The zero-order chi connectivity index (χ0) is 20.1. The van der Waals surface area contributed by atoms with Crippen LogP contribution in [0.2, 0.25) is 0 Å². The topological polar surface area (TPSA) is 92.5 Å². The van der Waals surface area contributed by atoms with Crippen molar-refractivity contribution in [2.75, 3.05) is 19.6 Å². The average molecular weight is 400 g/mol. The summed E-state index contributed by atoms with van der Waals surface area (Å²) in [5.74, 6) is 0.616. The van der Waals surface area contributed by atoms with Gasteiger partial charge >= 0.3 is 0 Å². The number of carbonyl (C=O) groups excluding carboxylic acids is 1. The van der Waals surface area contributed by atoms with Crippen LogP contribution < -0.4 is 10.5 Å². The Bertz CT molecular complexity index is 1020. The predicted octanol–water partition coefficient (Wildman–Crippen LogP) is 1.98. The molecule has 0 aromatic heterocycles. The molecule has 148 valence electrons. The summed E-state index contributed by atoms with van der Waals surface area (Å²) in [5.41, 5.74) is 2.82. The molecule has 0 bridgehead atoms. The SMILES string of the molecule is Cc1cc(C(=O)N2C[C@@H]3CNC[C@@H]3[C@H]2c2ccccc2)cc(S(N)(=O)=O)c1C. The highest BCUT2D eigenvalue weighted by atomic mass is 32.2. The number of amides is 1. The number of nitrogens with zero attached hydrogens (tertiary/aromatic N) is 1. The number of fused-ring (bicyclic) bond motifs is 1. The number of nitrogens with one attached hydrogen (secondary N) is 1. The third-order valence-electron chi connectivity index (χ3n) is 6.14. The fourth-order valence-electron chi connectivity index (χ4n) is 4.62. The molecule has 3 atom stereocenters. The molecule has 0 unspecified atom stereocenters. The minimum absolute atomic E-state index is 0.0201. The van der Waals surface area contributed by atoms with Gasteiger partial charge in [-0.05, 0) is 48.6 Å². The number of hydrogen-bond donors (Lipinski definition) is 2. The Morgan fingerprint density at radius 2 is 1.86 bits per heavy atom. The van der Waals surface area contributed by atoms with Crippen molar-refractivity contribution in [3.63, 3.8) is 0 Å². The fourth-order valence-corrected chi connectivity index (χ4v) is 5.50. The minimum Gasteiger partial charge on any atom is -0.331 e. The summed E-state index contributed by atoms with van der Waals surface area (Å²) in [6.45, 7) is 5.95. The maximum absolute atomic E-state index is 13.5. The van der Waals surface area contributed by atoms with E-state index in [1.54, 1.807) is 19.9 Å². The van der Waals surface area contributed by atoms with E-state index in [-0.39, 0.29) is 16.8 Å². The molecule has 2 heterocycles. The molecule has 2 aliphatic heterocycles. The van der Waals surface area contributed by atoms with Crippen LogP contribution in [0.4, 0.5) is 0 Å². The number of sulfonamides is 1. The molecule has 28 heavy (non-hydrogen) atoms. The van der Waals surface area contributed by atoms with E-state index in [9.17, 15) is 13.2 Å². The van der Waals surface area contributed by atoms with Crippen LogP contribution >= 0.6 is 0 Å². The summed E-state index contributed by atoms with van der Waals surface area (Å²) in [5, 5.41) is 8.82. The van der Waals surface area contributed by atoms with E-state index < -0.39 is 10.0 Å². The molecule has 2 fully saturated rings. The molecule has 2 saturated heterocycles. The second-order valence-corrected chi connectivity index (χ2v) is 9.39. The van der Waals surface area contributed by atoms with E-state index in [0.29, 0.717) is 29.5 Å². The zero-order valence-corrected chi connectivity index (χ0v) is 16.9. The highest BCUT2D eigenvalue weighted by molar-refractivity contribution is 7.89. The smallest absolute Gasteiger partial charge is 0.254 e. The van der Waals surface area contributed by atoms with Crippen molar-refractivity contribution in [3.05, 3.63) is 64.7 Å². The van der Waals surface area contributed by atoms with E-state index in [0.717, 1.165) is 24.2 Å². The molecule has 0 aliphatic carbocycles. The molecule has 0 saturated carbocycles. The van der Waals surface area contributed by atoms with E-state index in [2.05, 4.69) is 17.4 Å². The van der Waals surface area contributed by atoms with Crippen molar-refractivity contribution >= 4 is 15.9 Å². The number of aryl methyl sites for hydroxylation is 1. The Morgan fingerprint density at radius 3 is 2.54 bits per heavy atom. The number of carbonyl (C=O) groups is 1. The molecule has 3 N–H and O–H groups in total. The van der Waals surface area contributed by atoms with Gasteiger partial charge in [-0.15, -0.1) is 0 Å². The van der Waals surface area contributed by atoms with Crippen LogP contribution in [0.5, 0.6) is 0 Å². The summed E-state index contributed by atoms with van der Waals surface area (Å²) in [6.07, 6.45) is 0. The van der Waals surface area contributed by atoms with Crippen LogP contribution in [0.3, 0.4) is 0 Å². The van der Waals surface area contributed by atoms with Crippen molar-refractivity contribution in [3.8, 4) is 0 Å². The van der Waals surface area contributed by atoms with Gasteiger partial charge in [0.15, 0.2) is 0 Å². The normalized spacial score (nSPS) is 24.4. The zero-order valence-electron chi connectivity index (χ0n) is 16.1. The van der Waals surface area contributed by atoms with Crippen LogP contribution in [-0.4, -0.2) is 38.9 Å². The maximum atomic E-state index is 13.5. The molecular weight excluding hydrogens is 374 g/mol. The van der Waals surface area contributed by atoms with Gasteiger partial charge < -0.3 is 10.2 Å². The van der Waals surface area contributed by atoms with Crippen LogP contribution in [-0.2, 0) is 10.0 Å². The van der Waals surface area contributed by atoms with Gasteiger partial charge in [0.2, 0.25) is 10.0 Å². The summed E-state index contributed by atoms with van der Waals surface area (Å²) in [7, 11) is -3.90. The second-order valence-electron chi connectivity index (χ2n) is 7.86. The lowest BCUT2D eigenvalue weighted by molar-refractivity contribution is 0.0713. The van der Waals surface area contributed by atoms with Gasteiger partial charge in [-0.2, -0.15) is 0 Å². The largest absolute Gasteiger partial charge is 0.331 e. The van der Waals surface area contributed by atoms with Gasteiger partial charge in [0.25, 0.3) is 5.91 Å². The summed E-state index contributed by atoms with van der Waals surface area (Å²) < 4.78 is 24.0. The Kier molecular flexibility index (Phi) is 4.77. The number of primary sulfonamides is 1. The van der Waals surface area contributed by atoms with Gasteiger partial charge in [-0.1, -0.05) is 30.3 Å². The predicted molar refractivity (Wildman–Crippen MR) is 107 cm³/mol. The standard InChI is InChI=1S/C21H25N3O3S/c1-13-8-16(9-19(14(13)2)28(22,26)27)21(25)24-12-17-10-23-11-18(17)20(24)15-6-4-3-5-7-15/h3-9,17-18,20,23H,10-12H2,1-2H3,(H2,22,26,27)/t17-,18-,20+/m0/s1. The van der Waals surface area contributed by atoms with Gasteiger partial charge in [-0.3, -0.25) is 4.79 Å². The van der Waals surface area contributed by atoms with E-state index in [1.165, 1.54) is 6.07 Å². The first-order valence-corrected chi connectivity index (χ1v) is 11.0. The van der Waals surface area contributed by atoms with Gasteiger partial charge in [0.05, 0.1) is 10.9 Å². The summed E-state index contributed by atoms with van der Waals surface area (Å²) >= 11 is 0. The molecule has 1 amide bonds. The van der Waals surface area contributed by atoms with Crippen molar-refractivity contribution in [2.45, 2.75) is 24.8 Å². The summed E-state index contributed by atoms with van der Waals surface area (Å²) in [6, 6.07) is 13.2. The minimum atomic E-state index is -3.90. The molecule has 2 aromatic carbocycles. The Hall–Kier alpha value is -2.22. The van der Waals surface area contributed by atoms with Crippen LogP contribution in [0.25, 0.3) is 0 Å². The van der Waals surface area contributed by atoms with Gasteiger partial charge in [0.1, 0.15) is 0 Å². The molecule has 2 aromatic rings. The van der Waals surface area contributed by atoms with Gasteiger partial charge in [-0.25, -0.2) is 13.6 Å². The molecule has 6 nitrogen and oxygen atoms in total. The highest BCUT2D eigenvalue weighted by Gasteiger charge is 2.46. The van der Waals surface area contributed by atoms with Crippen LogP contribution in [0.15, 0.2) is 47.4 Å². The number of benzene rings is 2. The second kappa shape index (κ2) is 6.99. The van der Waals surface area contributed by atoms with Crippen LogP contribution in [0.1, 0.15) is 33.1 Å². The highest BCUT2D eigenvalue weighted by Crippen LogP contribution is 2.43. The van der Waals surface area contributed by atoms with Crippen molar-refractivity contribution < 1.29 is 13.2 Å². The average Bonchev–Trinajstić information content (AvgIpc) is 3.24. The molecule has 4 rings (SSSR count). The monoisotopic (exact) mass is 399 g/mol.